The Hall–Kier alpha value is -2.54. The van der Waals surface area contributed by atoms with E-state index < -0.39 is 23.7 Å². The Kier molecular flexibility index (Phi) is 18.1. The number of hydrogen-bond acceptors (Lipinski definition) is 5. The van der Waals surface area contributed by atoms with Gasteiger partial charge in [0.25, 0.3) is 0 Å². The highest BCUT2D eigenvalue weighted by atomic mass is 16.5. The maximum atomic E-state index is 12.6. The third kappa shape index (κ3) is 16.5. The standard InChI is InChI=1S/C33H57N3O4/c1-7-8-9-10-11-12-13-14-15-16-17-18-19-20-30(37)29(35-31(38)33(2,3)4)26-40-32(39)34-25-27-21-23-28(24-22-27)36(5)6/h19-24,29-30,37H,7-18,25-26H2,1-6H3,(H,34,39)(H,35,38)/b20-19+/t29-,30+/m0/s1. The summed E-state index contributed by atoms with van der Waals surface area (Å²) in [7, 11) is 3.95. The van der Waals surface area contributed by atoms with Crippen LogP contribution < -0.4 is 15.5 Å². The number of carbonyl (C=O) groups excluding carboxylic acids is 2. The molecule has 0 aliphatic carbocycles. The van der Waals surface area contributed by atoms with Crippen LogP contribution in [0.4, 0.5) is 10.5 Å². The van der Waals surface area contributed by atoms with E-state index in [0.29, 0.717) is 6.54 Å². The van der Waals surface area contributed by atoms with E-state index in [1.54, 1.807) is 6.08 Å². The summed E-state index contributed by atoms with van der Waals surface area (Å²) in [4.78, 5) is 26.9. The Balaban J connectivity index is 2.42. The first-order chi connectivity index (χ1) is 19.0. The van der Waals surface area contributed by atoms with Crippen LogP contribution in [0, 0.1) is 5.41 Å². The molecule has 2 amide bonds. The minimum absolute atomic E-state index is 0.128. The smallest absolute Gasteiger partial charge is 0.407 e. The first kappa shape index (κ1) is 35.5. The first-order valence-electron chi connectivity index (χ1n) is 15.4. The molecule has 0 unspecified atom stereocenters. The number of rotatable bonds is 20. The van der Waals surface area contributed by atoms with Gasteiger partial charge in [0.2, 0.25) is 5.91 Å². The van der Waals surface area contributed by atoms with E-state index in [2.05, 4.69) is 17.6 Å². The summed E-state index contributed by atoms with van der Waals surface area (Å²) in [5.41, 5.74) is 1.40. The average molecular weight is 560 g/mol. The number of unbranched alkanes of at least 4 members (excludes halogenated alkanes) is 11. The van der Waals surface area contributed by atoms with Gasteiger partial charge < -0.3 is 25.4 Å². The van der Waals surface area contributed by atoms with Gasteiger partial charge in [-0.2, -0.15) is 0 Å². The topological polar surface area (TPSA) is 90.9 Å². The van der Waals surface area contributed by atoms with E-state index in [1.807, 2.05) is 70.1 Å². The molecule has 7 nitrogen and oxygen atoms in total. The molecule has 0 aromatic heterocycles. The van der Waals surface area contributed by atoms with Crippen molar-refractivity contribution in [2.75, 3.05) is 25.6 Å². The number of carbonyl (C=O) groups is 2. The zero-order chi connectivity index (χ0) is 29.8. The summed E-state index contributed by atoms with van der Waals surface area (Å²) in [6, 6.07) is 7.14. The van der Waals surface area contributed by atoms with Crippen molar-refractivity contribution in [1.82, 2.24) is 10.6 Å². The van der Waals surface area contributed by atoms with Crippen LogP contribution in [0.3, 0.4) is 0 Å². The maximum absolute atomic E-state index is 12.6. The lowest BCUT2D eigenvalue weighted by Crippen LogP contribution is -2.50. The van der Waals surface area contributed by atoms with E-state index in [1.165, 1.54) is 64.2 Å². The molecule has 0 bridgehead atoms. The monoisotopic (exact) mass is 559 g/mol. The molecule has 0 saturated heterocycles. The number of nitrogens with zero attached hydrogens (tertiary/aromatic N) is 1. The normalized spacial score (nSPS) is 13.2. The second-order valence-corrected chi connectivity index (χ2v) is 12.1. The lowest BCUT2D eigenvalue weighted by atomic mass is 9.95. The van der Waals surface area contributed by atoms with Crippen LogP contribution in [0.25, 0.3) is 0 Å². The SMILES string of the molecule is CCCCCCCCCCCCC/C=C/[C@@H](O)[C@H](COC(=O)NCc1ccc(N(C)C)cc1)NC(=O)C(C)(C)C. The second kappa shape index (κ2) is 20.4. The van der Waals surface area contributed by atoms with Gasteiger partial charge in [0.05, 0.1) is 12.1 Å². The Morgan fingerprint density at radius 1 is 0.925 bits per heavy atom. The fourth-order valence-corrected chi connectivity index (χ4v) is 4.21. The van der Waals surface area contributed by atoms with E-state index in [-0.39, 0.29) is 12.5 Å². The van der Waals surface area contributed by atoms with Crippen molar-refractivity contribution in [1.29, 1.82) is 0 Å². The molecule has 0 aliphatic rings. The fourth-order valence-electron chi connectivity index (χ4n) is 4.21. The summed E-state index contributed by atoms with van der Waals surface area (Å²) in [6.07, 6.45) is 17.3. The summed E-state index contributed by atoms with van der Waals surface area (Å²) >= 11 is 0. The van der Waals surface area contributed by atoms with Crippen LogP contribution in [0.15, 0.2) is 36.4 Å². The van der Waals surface area contributed by atoms with Gasteiger partial charge in [-0.1, -0.05) is 116 Å². The highest BCUT2D eigenvalue weighted by molar-refractivity contribution is 5.81. The van der Waals surface area contributed by atoms with Gasteiger partial charge in [-0.15, -0.1) is 0 Å². The minimum Gasteiger partial charge on any atom is -0.447 e. The van der Waals surface area contributed by atoms with Crippen molar-refractivity contribution < 1.29 is 19.4 Å². The molecule has 0 heterocycles. The third-order valence-electron chi connectivity index (χ3n) is 7.00. The zero-order valence-corrected chi connectivity index (χ0v) is 26.1. The van der Waals surface area contributed by atoms with Crippen LogP contribution in [0.5, 0.6) is 0 Å². The molecule has 1 aromatic carbocycles. The van der Waals surface area contributed by atoms with Crippen LogP contribution in [0.2, 0.25) is 0 Å². The highest BCUT2D eigenvalue weighted by Gasteiger charge is 2.27. The molecule has 2 atom stereocenters. The second-order valence-electron chi connectivity index (χ2n) is 12.1. The molecule has 1 rings (SSSR count). The minimum atomic E-state index is -0.953. The Morgan fingerprint density at radius 3 is 2.00 bits per heavy atom. The van der Waals surface area contributed by atoms with E-state index >= 15 is 0 Å². The number of aliphatic hydroxyl groups excluding tert-OH is 1. The Bertz CT molecular complexity index is 846. The van der Waals surface area contributed by atoms with Gasteiger partial charge in [0.1, 0.15) is 6.61 Å². The number of aliphatic hydroxyl groups is 1. The fraction of sp³-hybridized carbons (Fsp3) is 0.697. The number of benzene rings is 1. The average Bonchev–Trinajstić information content (AvgIpc) is 2.91. The third-order valence-corrected chi connectivity index (χ3v) is 7.00. The van der Waals surface area contributed by atoms with Gasteiger partial charge in [-0.05, 0) is 30.5 Å². The van der Waals surface area contributed by atoms with Crippen LogP contribution in [-0.2, 0) is 16.1 Å². The molecule has 7 heteroatoms. The number of ether oxygens (including phenoxy) is 1. The number of hydrogen-bond donors (Lipinski definition) is 3. The molecule has 40 heavy (non-hydrogen) atoms. The molecular weight excluding hydrogens is 502 g/mol. The van der Waals surface area contributed by atoms with Crippen LogP contribution in [0.1, 0.15) is 110 Å². The number of anilines is 1. The number of alkyl carbamates (subject to hydrolysis) is 1. The zero-order valence-electron chi connectivity index (χ0n) is 26.1. The molecule has 0 fully saturated rings. The number of amides is 2. The van der Waals surface area contributed by atoms with Gasteiger partial charge >= 0.3 is 6.09 Å². The molecule has 1 aromatic rings. The van der Waals surface area contributed by atoms with E-state index in [9.17, 15) is 14.7 Å². The molecular formula is C33H57N3O4. The molecule has 0 radical (unpaired) electrons. The Labute approximate surface area is 244 Å². The van der Waals surface area contributed by atoms with Crippen LogP contribution in [-0.4, -0.2) is 50.0 Å². The van der Waals surface area contributed by atoms with Gasteiger partial charge in [-0.25, -0.2) is 4.79 Å². The van der Waals surface area contributed by atoms with Crippen molar-refractivity contribution in [3.63, 3.8) is 0 Å². The molecule has 228 valence electrons. The summed E-state index contributed by atoms with van der Waals surface area (Å²) < 4.78 is 5.37. The highest BCUT2D eigenvalue weighted by Crippen LogP contribution is 2.15. The molecule has 0 saturated carbocycles. The first-order valence-corrected chi connectivity index (χ1v) is 15.4. The van der Waals surface area contributed by atoms with Gasteiger partial charge in [0.15, 0.2) is 0 Å². The van der Waals surface area contributed by atoms with Gasteiger partial charge in [-0.3, -0.25) is 4.79 Å². The van der Waals surface area contributed by atoms with Crippen molar-refractivity contribution in [2.24, 2.45) is 5.41 Å². The van der Waals surface area contributed by atoms with Crippen LogP contribution >= 0.6 is 0 Å². The van der Waals surface area contributed by atoms with E-state index in [4.69, 9.17) is 4.74 Å². The van der Waals surface area contributed by atoms with Crippen molar-refractivity contribution >= 4 is 17.7 Å². The van der Waals surface area contributed by atoms with Crippen molar-refractivity contribution in [3.05, 3.63) is 42.0 Å². The van der Waals surface area contributed by atoms with Crippen molar-refractivity contribution in [2.45, 2.75) is 123 Å². The Morgan fingerprint density at radius 2 is 1.48 bits per heavy atom. The predicted molar refractivity (Wildman–Crippen MR) is 167 cm³/mol. The van der Waals surface area contributed by atoms with Crippen molar-refractivity contribution in [3.8, 4) is 0 Å². The predicted octanol–water partition coefficient (Wildman–Crippen LogP) is 7.13. The molecule has 0 spiro atoms. The van der Waals surface area contributed by atoms with E-state index in [0.717, 1.165) is 24.1 Å². The lowest BCUT2D eigenvalue weighted by Gasteiger charge is -2.26. The van der Waals surface area contributed by atoms with Gasteiger partial charge in [0, 0.05) is 31.7 Å². The number of allylic oxidation sites excluding steroid dienone is 1. The summed E-state index contributed by atoms with van der Waals surface area (Å²) in [6.45, 7) is 7.88. The largest absolute Gasteiger partial charge is 0.447 e. The molecule has 3 N–H and O–H groups in total. The number of nitrogens with one attached hydrogen (secondary N) is 2. The molecule has 0 aliphatic heterocycles. The maximum Gasteiger partial charge on any atom is 0.407 e. The summed E-state index contributed by atoms with van der Waals surface area (Å²) in [5, 5.41) is 16.4. The quantitative estimate of drug-likeness (QED) is 0.117. The summed E-state index contributed by atoms with van der Waals surface area (Å²) in [5.74, 6) is -0.208. The lowest BCUT2D eigenvalue weighted by molar-refractivity contribution is -0.130.